The summed E-state index contributed by atoms with van der Waals surface area (Å²) in [4.78, 5) is 0.263. The normalized spacial score (nSPS) is 25.7. The van der Waals surface area contributed by atoms with Crippen LogP contribution in [-0.2, 0) is 18.9 Å². The van der Waals surface area contributed by atoms with E-state index in [1.54, 1.807) is 0 Å². The van der Waals surface area contributed by atoms with Crippen LogP contribution in [0.3, 0.4) is 0 Å². The third-order valence-corrected chi connectivity index (χ3v) is 5.59. The van der Waals surface area contributed by atoms with Gasteiger partial charge in [0.1, 0.15) is 12.2 Å². The van der Waals surface area contributed by atoms with Gasteiger partial charge >= 0.3 is 36.6 Å². The smallest absolute Gasteiger partial charge is 0.379 e. The second-order valence-electron chi connectivity index (χ2n) is 8.20. The maximum atomic E-state index is 15.2. The first-order chi connectivity index (χ1) is 17.3. The van der Waals surface area contributed by atoms with Crippen molar-refractivity contribution in [3.05, 3.63) is 0 Å². The van der Waals surface area contributed by atoms with E-state index in [9.17, 15) is 70.2 Å². The molecule has 5 nitrogen and oxygen atoms in total. The second-order valence-corrected chi connectivity index (χ2v) is 8.20. The van der Waals surface area contributed by atoms with Crippen LogP contribution in [0.2, 0.25) is 0 Å². The van der Waals surface area contributed by atoms with Gasteiger partial charge in [-0.1, -0.05) is 0 Å². The van der Waals surface area contributed by atoms with Gasteiger partial charge in [-0.15, -0.1) is 13.2 Å². The van der Waals surface area contributed by atoms with Crippen LogP contribution in [-0.4, -0.2) is 98.3 Å². The molecule has 40 heavy (non-hydrogen) atoms. The van der Waals surface area contributed by atoms with E-state index in [-0.39, 0.29) is 22.8 Å². The lowest BCUT2D eigenvalue weighted by Gasteiger charge is -2.41. The molecule has 240 valence electrons. The maximum Gasteiger partial charge on any atom is 0.527 e. The molecule has 0 aromatic carbocycles. The molecule has 0 spiro atoms. The number of halogens is 18. The van der Waals surface area contributed by atoms with Crippen molar-refractivity contribution in [1.29, 1.82) is 0 Å². The standard InChI is InChI=1S/C17H16F17NO4.FH/c18-9(35-3-5-36-6-4-35)11(20,14(25,26)27)7-1-2-8(37-7)12(21,22)10(19)38-15(28,29)13(23,24)16(30,31)39-17(32,33)34;/h7-10H,1-6H2;1H. The zero-order valence-corrected chi connectivity index (χ0v) is 19.0. The molecule has 0 radical (unpaired) electrons. The molecule has 2 heterocycles. The lowest BCUT2D eigenvalue weighted by atomic mass is 9.92. The van der Waals surface area contributed by atoms with Gasteiger partial charge in [0.15, 0.2) is 6.30 Å². The van der Waals surface area contributed by atoms with Gasteiger partial charge in [-0.3, -0.25) is 14.3 Å². The van der Waals surface area contributed by atoms with Crippen molar-refractivity contribution in [2.45, 2.75) is 80.0 Å². The van der Waals surface area contributed by atoms with Crippen LogP contribution < -0.4 is 0 Å². The minimum Gasteiger partial charge on any atom is -0.379 e. The van der Waals surface area contributed by atoms with Crippen molar-refractivity contribution in [2.24, 2.45) is 0 Å². The summed E-state index contributed by atoms with van der Waals surface area (Å²) < 4.78 is 241. The van der Waals surface area contributed by atoms with Crippen molar-refractivity contribution in [3.63, 3.8) is 0 Å². The van der Waals surface area contributed by atoms with Crippen LogP contribution in [0.25, 0.3) is 0 Å². The molecule has 2 rings (SSSR count). The highest BCUT2D eigenvalue weighted by Crippen LogP contribution is 2.52. The Kier molecular flexibility index (Phi) is 10.7. The highest BCUT2D eigenvalue weighted by molar-refractivity contribution is 5.05. The van der Waals surface area contributed by atoms with Crippen molar-refractivity contribution in [3.8, 4) is 0 Å². The maximum absolute atomic E-state index is 15.2. The van der Waals surface area contributed by atoms with Crippen LogP contribution in [0.15, 0.2) is 0 Å². The van der Waals surface area contributed by atoms with Crippen molar-refractivity contribution < 1.29 is 98.3 Å². The molecule has 0 aromatic rings. The van der Waals surface area contributed by atoms with Gasteiger partial charge in [-0.05, 0) is 12.8 Å². The van der Waals surface area contributed by atoms with E-state index in [0.29, 0.717) is 0 Å². The predicted octanol–water partition coefficient (Wildman–Crippen LogP) is 5.89. The molecule has 0 aliphatic carbocycles. The molecule has 2 fully saturated rings. The van der Waals surface area contributed by atoms with Crippen LogP contribution in [0.1, 0.15) is 12.8 Å². The largest absolute Gasteiger partial charge is 0.527 e. The molecule has 5 atom stereocenters. The predicted molar refractivity (Wildman–Crippen MR) is 90.5 cm³/mol. The minimum absolute atomic E-state index is 0. The van der Waals surface area contributed by atoms with Crippen molar-refractivity contribution in [1.82, 2.24) is 4.90 Å². The molecule has 0 saturated carbocycles. The number of morpholine rings is 1. The average molecular weight is 641 g/mol. The van der Waals surface area contributed by atoms with E-state index >= 15 is 4.39 Å². The zero-order chi connectivity index (χ0) is 30.5. The molecule has 0 N–H and O–H groups in total. The number of hydrogen-bond acceptors (Lipinski definition) is 5. The summed E-state index contributed by atoms with van der Waals surface area (Å²) in [7, 11) is 0. The van der Waals surface area contributed by atoms with E-state index < -0.39 is 93.1 Å². The highest BCUT2D eigenvalue weighted by Gasteiger charge is 2.78. The van der Waals surface area contributed by atoms with Gasteiger partial charge in [-0.2, -0.15) is 48.3 Å². The SMILES string of the molecule is F.FC(OC(F)(F)C(F)(F)C(F)(F)OC(F)(F)F)C(F)(F)C1CCC(C(F)(C(F)N2CCOCC2)C(F)(F)F)O1. The Morgan fingerprint density at radius 1 is 0.700 bits per heavy atom. The van der Waals surface area contributed by atoms with Gasteiger partial charge < -0.3 is 9.47 Å². The van der Waals surface area contributed by atoms with Gasteiger partial charge in [0, 0.05) is 13.1 Å². The molecule has 0 bridgehead atoms. The van der Waals surface area contributed by atoms with Gasteiger partial charge in [0.05, 0.1) is 13.2 Å². The van der Waals surface area contributed by atoms with E-state index in [0.717, 1.165) is 0 Å². The Morgan fingerprint density at radius 3 is 1.62 bits per heavy atom. The third-order valence-electron chi connectivity index (χ3n) is 5.59. The molecule has 5 unspecified atom stereocenters. The Morgan fingerprint density at radius 2 is 1.18 bits per heavy atom. The van der Waals surface area contributed by atoms with Crippen LogP contribution in [0.4, 0.5) is 79.3 Å². The molecule has 23 heteroatoms. The van der Waals surface area contributed by atoms with Crippen LogP contribution in [0, 0.1) is 0 Å². The summed E-state index contributed by atoms with van der Waals surface area (Å²) in [5, 5.41) is 0. The number of nitrogens with zero attached hydrogens (tertiary/aromatic N) is 1. The summed E-state index contributed by atoms with van der Waals surface area (Å²) in [6, 6.07) is 0. The van der Waals surface area contributed by atoms with E-state index in [1.807, 2.05) is 0 Å². The van der Waals surface area contributed by atoms with E-state index in [1.165, 1.54) is 4.74 Å². The van der Waals surface area contributed by atoms with Crippen LogP contribution >= 0.6 is 0 Å². The first-order valence-electron chi connectivity index (χ1n) is 10.3. The Balaban J connectivity index is 0.00000800. The topological polar surface area (TPSA) is 40.2 Å². The van der Waals surface area contributed by atoms with Gasteiger partial charge in [0.25, 0.3) is 12.0 Å². The molecule has 0 amide bonds. The second kappa shape index (κ2) is 11.7. The van der Waals surface area contributed by atoms with Crippen molar-refractivity contribution in [2.75, 3.05) is 26.3 Å². The first-order valence-corrected chi connectivity index (χ1v) is 10.3. The monoisotopic (exact) mass is 641 g/mol. The number of alkyl halides is 17. The summed E-state index contributed by atoms with van der Waals surface area (Å²) in [6.45, 7) is -1.95. The van der Waals surface area contributed by atoms with Crippen molar-refractivity contribution >= 4 is 0 Å². The molecular formula is C17H17F18NO4. The summed E-state index contributed by atoms with van der Waals surface area (Å²) in [5.41, 5.74) is -5.09. The summed E-state index contributed by atoms with van der Waals surface area (Å²) >= 11 is 0. The lowest BCUT2D eigenvalue weighted by molar-refractivity contribution is -0.516. The quantitative estimate of drug-likeness (QED) is 0.220. The average Bonchev–Trinajstić information content (AvgIpc) is 3.27. The highest BCUT2D eigenvalue weighted by atomic mass is 19.4. The molecule has 2 saturated heterocycles. The Bertz CT molecular complexity index is 832. The third kappa shape index (κ3) is 6.94. The van der Waals surface area contributed by atoms with E-state index in [4.69, 9.17) is 4.74 Å². The summed E-state index contributed by atoms with van der Waals surface area (Å²) in [5.74, 6) is -13.2. The van der Waals surface area contributed by atoms with Gasteiger partial charge in [0.2, 0.25) is 0 Å². The zero-order valence-electron chi connectivity index (χ0n) is 19.0. The fourth-order valence-electron chi connectivity index (χ4n) is 3.58. The molecule has 0 aromatic heterocycles. The van der Waals surface area contributed by atoms with Gasteiger partial charge in [-0.25, -0.2) is 17.9 Å². The van der Waals surface area contributed by atoms with Crippen LogP contribution in [0.5, 0.6) is 0 Å². The molecule has 2 aliphatic rings. The number of ether oxygens (including phenoxy) is 4. The fraction of sp³-hybridized carbons (Fsp3) is 1.00. The minimum atomic E-state index is -7.46. The summed E-state index contributed by atoms with van der Waals surface area (Å²) in [6.07, 6.45) is -45.7. The number of hydrogen-bond donors (Lipinski definition) is 0. The first kappa shape index (κ1) is 36.6. The van der Waals surface area contributed by atoms with E-state index in [2.05, 4.69) is 9.47 Å². The molecule has 2 aliphatic heterocycles. The number of rotatable bonds is 10. The fourth-order valence-corrected chi connectivity index (χ4v) is 3.58. The molecular weight excluding hydrogens is 624 g/mol. The Hall–Kier alpha value is -1.46. The Labute approximate surface area is 210 Å². The lowest BCUT2D eigenvalue weighted by Crippen LogP contribution is -2.64.